The standard InChI is InChI=1S/C24H30ClNO3/c1-28-21-11-10-17(15-22(21)29-2)23-19-8-5-6-12-24(19,27)13-14-26(23)16-18-7-3-4-9-20(18)25/h3-4,7,9-11,15,19,23,27H,5-6,8,12-14,16H2,1-2H3/t19-,23+,24-/m1/s1. The number of nitrogens with zero attached hydrogens (tertiary/aromatic N) is 1. The first kappa shape index (κ1) is 20.5. The molecule has 0 unspecified atom stereocenters. The van der Waals surface area contributed by atoms with Crippen LogP contribution in [-0.2, 0) is 6.54 Å². The largest absolute Gasteiger partial charge is 0.493 e. The molecule has 1 saturated heterocycles. The third-order valence-corrected chi connectivity index (χ3v) is 7.12. The van der Waals surface area contributed by atoms with Crippen LogP contribution < -0.4 is 9.47 Å². The van der Waals surface area contributed by atoms with E-state index in [1.54, 1.807) is 14.2 Å². The second-order valence-corrected chi connectivity index (χ2v) is 8.73. The quantitative estimate of drug-likeness (QED) is 0.726. The van der Waals surface area contributed by atoms with Gasteiger partial charge in [-0.25, -0.2) is 0 Å². The number of hydrogen-bond donors (Lipinski definition) is 1. The number of methoxy groups -OCH3 is 2. The lowest BCUT2D eigenvalue weighted by Gasteiger charge is -2.53. The highest BCUT2D eigenvalue weighted by Crippen LogP contribution is 2.50. The number of benzene rings is 2. The monoisotopic (exact) mass is 415 g/mol. The van der Waals surface area contributed by atoms with E-state index in [-0.39, 0.29) is 12.0 Å². The summed E-state index contributed by atoms with van der Waals surface area (Å²) in [5.41, 5.74) is 1.70. The normalized spacial score (nSPS) is 27.3. The third-order valence-electron chi connectivity index (χ3n) is 6.75. The van der Waals surface area contributed by atoms with Gasteiger partial charge >= 0.3 is 0 Å². The Labute approximate surface area is 178 Å². The molecule has 1 aliphatic carbocycles. The fraction of sp³-hybridized carbons (Fsp3) is 0.500. The van der Waals surface area contributed by atoms with Crippen LogP contribution in [0.15, 0.2) is 42.5 Å². The second kappa shape index (κ2) is 8.55. The van der Waals surface area contributed by atoms with E-state index in [0.717, 1.165) is 67.3 Å². The number of halogens is 1. The minimum atomic E-state index is -0.590. The second-order valence-electron chi connectivity index (χ2n) is 8.33. The summed E-state index contributed by atoms with van der Waals surface area (Å²) in [7, 11) is 3.32. The first-order valence-corrected chi connectivity index (χ1v) is 10.9. The maximum atomic E-state index is 11.5. The third kappa shape index (κ3) is 3.98. The van der Waals surface area contributed by atoms with Crippen molar-refractivity contribution in [2.24, 2.45) is 5.92 Å². The number of aliphatic hydroxyl groups is 1. The molecular formula is C24H30ClNO3. The molecule has 1 saturated carbocycles. The summed E-state index contributed by atoms with van der Waals surface area (Å²) in [6.45, 7) is 1.61. The molecular weight excluding hydrogens is 386 g/mol. The highest BCUT2D eigenvalue weighted by Gasteiger charge is 2.49. The zero-order chi connectivity index (χ0) is 20.4. The Hall–Kier alpha value is -1.75. The predicted octanol–water partition coefficient (Wildman–Crippen LogP) is 5.23. The Balaban J connectivity index is 1.73. The van der Waals surface area contributed by atoms with Crippen LogP contribution in [0.2, 0.25) is 5.02 Å². The molecule has 2 aliphatic rings. The molecule has 0 radical (unpaired) electrons. The molecule has 0 aromatic heterocycles. The SMILES string of the molecule is COc1ccc([C@H]2[C@H]3CCCC[C@@]3(O)CCN2Cc2ccccc2Cl)cc1OC. The van der Waals surface area contributed by atoms with E-state index in [0.29, 0.717) is 0 Å². The Bertz CT molecular complexity index is 858. The smallest absolute Gasteiger partial charge is 0.161 e. The van der Waals surface area contributed by atoms with Gasteiger partial charge in [0.05, 0.1) is 19.8 Å². The van der Waals surface area contributed by atoms with Crippen LogP contribution >= 0.6 is 11.6 Å². The molecule has 29 heavy (non-hydrogen) atoms. The number of likely N-dealkylation sites (tertiary alicyclic amines) is 1. The summed E-state index contributed by atoms with van der Waals surface area (Å²) < 4.78 is 11.0. The molecule has 1 aliphatic heterocycles. The van der Waals surface area contributed by atoms with E-state index in [2.05, 4.69) is 23.1 Å². The van der Waals surface area contributed by atoms with Crippen LogP contribution in [0.25, 0.3) is 0 Å². The molecule has 4 rings (SSSR count). The van der Waals surface area contributed by atoms with Gasteiger partial charge in [0.1, 0.15) is 0 Å². The molecule has 156 valence electrons. The molecule has 0 amide bonds. The minimum absolute atomic E-state index is 0.116. The lowest BCUT2D eigenvalue weighted by atomic mass is 9.66. The van der Waals surface area contributed by atoms with E-state index in [1.165, 1.54) is 5.56 Å². The predicted molar refractivity (Wildman–Crippen MR) is 116 cm³/mol. The van der Waals surface area contributed by atoms with Crippen molar-refractivity contribution in [3.63, 3.8) is 0 Å². The van der Waals surface area contributed by atoms with Crippen molar-refractivity contribution >= 4 is 11.6 Å². The maximum Gasteiger partial charge on any atom is 0.161 e. The van der Waals surface area contributed by atoms with Crippen molar-refractivity contribution in [2.75, 3.05) is 20.8 Å². The van der Waals surface area contributed by atoms with Gasteiger partial charge in [-0.2, -0.15) is 0 Å². The molecule has 0 bridgehead atoms. The Morgan fingerprint density at radius 2 is 1.86 bits per heavy atom. The van der Waals surface area contributed by atoms with Gasteiger partial charge in [0.15, 0.2) is 11.5 Å². The van der Waals surface area contributed by atoms with Crippen molar-refractivity contribution in [3.05, 3.63) is 58.6 Å². The summed E-state index contributed by atoms with van der Waals surface area (Å²) in [5.74, 6) is 1.65. The zero-order valence-corrected chi connectivity index (χ0v) is 18.0. The molecule has 4 nitrogen and oxygen atoms in total. The number of rotatable bonds is 5. The fourth-order valence-corrected chi connectivity index (χ4v) is 5.44. The highest BCUT2D eigenvalue weighted by molar-refractivity contribution is 6.31. The molecule has 2 fully saturated rings. The van der Waals surface area contributed by atoms with Crippen molar-refractivity contribution in [3.8, 4) is 11.5 Å². The van der Waals surface area contributed by atoms with E-state index in [1.807, 2.05) is 24.3 Å². The zero-order valence-electron chi connectivity index (χ0n) is 17.2. The van der Waals surface area contributed by atoms with Gasteiger partial charge in [0.2, 0.25) is 0 Å². The van der Waals surface area contributed by atoms with Crippen LogP contribution in [0, 0.1) is 5.92 Å². The lowest BCUT2D eigenvalue weighted by molar-refractivity contribution is -0.126. The first-order valence-electron chi connectivity index (χ1n) is 10.5. The lowest BCUT2D eigenvalue weighted by Crippen LogP contribution is -2.54. The van der Waals surface area contributed by atoms with Crippen LogP contribution in [0.1, 0.15) is 49.3 Å². The number of piperidine rings is 1. The number of ether oxygens (including phenoxy) is 2. The Morgan fingerprint density at radius 1 is 1.07 bits per heavy atom. The molecule has 0 spiro atoms. The minimum Gasteiger partial charge on any atom is -0.493 e. The summed E-state index contributed by atoms with van der Waals surface area (Å²) in [6, 6.07) is 14.3. The van der Waals surface area contributed by atoms with Gasteiger partial charge in [-0.05, 0) is 48.6 Å². The molecule has 3 atom stereocenters. The number of fused-ring (bicyclic) bond motifs is 1. The van der Waals surface area contributed by atoms with Crippen LogP contribution in [0.4, 0.5) is 0 Å². The summed E-state index contributed by atoms with van der Waals surface area (Å²) in [6.07, 6.45) is 5.01. The van der Waals surface area contributed by atoms with Gasteiger partial charge in [-0.15, -0.1) is 0 Å². The van der Waals surface area contributed by atoms with E-state index >= 15 is 0 Å². The number of hydrogen-bond acceptors (Lipinski definition) is 4. The van der Waals surface area contributed by atoms with Crippen molar-refractivity contribution in [2.45, 2.75) is 50.3 Å². The molecule has 2 aromatic rings. The van der Waals surface area contributed by atoms with Crippen LogP contribution in [0.3, 0.4) is 0 Å². The molecule has 5 heteroatoms. The van der Waals surface area contributed by atoms with E-state index < -0.39 is 5.60 Å². The molecule has 1 N–H and O–H groups in total. The van der Waals surface area contributed by atoms with Crippen molar-refractivity contribution in [1.29, 1.82) is 0 Å². The van der Waals surface area contributed by atoms with E-state index in [4.69, 9.17) is 21.1 Å². The summed E-state index contributed by atoms with van der Waals surface area (Å²) >= 11 is 6.48. The average molecular weight is 416 g/mol. The van der Waals surface area contributed by atoms with E-state index in [9.17, 15) is 5.11 Å². The summed E-state index contributed by atoms with van der Waals surface area (Å²) in [5, 5.41) is 12.3. The molecule has 1 heterocycles. The van der Waals surface area contributed by atoms with Crippen molar-refractivity contribution in [1.82, 2.24) is 4.90 Å². The highest BCUT2D eigenvalue weighted by atomic mass is 35.5. The van der Waals surface area contributed by atoms with Gasteiger partial charge < -0.3 is 14.6 Å². The van der Waals surface area contributed by atoms with Crippen molar-refractivity contribution < 1.29 is 14.6 Å². The maximum absolute atomic E-state index is 11.5. The Kier molecular flexibility index (Phi) is 6.05. The Morgan fingerprint density at radius 3 is 2.62 bits per heavy atom. The molecule has 2 aromatic carbocycles. The van der Waals surface area contributed by atoms with Gasteiger partial charge in [-0.1, -0.05) is 48.7 Å². The van der Waals surface area contributed by atoms with Crippen LogP contribution in [0.5, 0.6) is 11.5 Å². The summed E-state index contributed by atoms with van der Waals surface area (Å²) in [4.78, 5) is 2.48. The first-order chi connectivity index (χ1) is 14.1. The fourth-order valence-electron chi connectivity index (χ4n) is 5.25. The van der Waals surface area contributed by atoms with Crippen LogP contribution in [-0.4, -0.2) is 36.4 Å². The van der Waals surface area contributed by atoms with Gasteiger partial charge in [0.25, 0.3) is 0 Å². The van der Waals surface area contributed by atoms with Gasteiger partial charge in [0, 0.05) is 30.1 Å². The topological polar surface area (TPSA) is 41.9 Å². The van der Waals surface area contributed by atoms with Gasteiger partial charge in [-0.3, -0.25) is 4.90 Å². The average Bonchev–Trinajstić information content (AvgIpc) is 2.74.